The summed E-state index contributed by atoms with van der Waals surface area (Å²) in [5, 5.41) is 0. The highest BCUT2D eigenvalue weighted by atomic mass is 16.1. The Morgan fingerprint density at radius 3 is 2.54 bits per heavy atom. The second-order valence-corrected chi connectivity index (χ2v) is 3.02. The Hall–Kier alpha value is -1.57. The van der Waals surface area contributed by atoms with E-state index in [1.165, 1.54) is 6.08 Å². The zero-order chi connectivity index (χ0) is 9.68. The van der Waals surface area contributed by atoms with Crippen LogP contribution in [0.25, 0.3) is 0 Å². The number of carbonyl (C=O) groups is 1. The molecule has 0 saturated carbocycles. The molecule has 0 aliphatic rings. The van der Waals surface area contributed by atoms with Crippen LogP contribution in [0.5, 0.6) is 0 Å². The highest BCUT2D eigenvalue weighted by molar-refractivity contribution is 5.91. The Kier molecular flexibility index (Phi) is 3.26. The van der Waals surface area contributed by atoms with Gasteiger partial charge in [-0.15, -0.1) is 0 Å². The van der Waals surface area contributed by atoms with Crippen LogP contribution < -0.4 is 5.73 Å². The van der Waals surface area contributed by atoms with Crippen LogP contribution in [-0.2, 0) is 11.2 Å². The molecule has 0 fully saturated rings. The van der Waals surface area contributed by atoms with Crippen molar-refractivity contribution < 1.29 is 4.79 Å². The predicted molar refractivity (Wildman–Crippen MR) is 53.1 cm³/mol. The molecular formula is C11H13NO. The average molecular weight is 175 g/mol. The summed E-state index contributed by atoms with van der Waals surface area (Å²) >= 11 is 0. The minimum Gasteiger partial charge on any atom is -0.402 e. The lowest BCUT2D eigenvalue weighted by atomic mass is 10.1. The summed E-state index contributed by atoms with van der Waals surface area (Å²) in [4.78, 5) is 11.3. The summed E-state index contributed by atoms with van der Waals surface area (Å²) in [6.45, 7) is 1.71. The van der Waals surface area contributed by atoms with Gasteiger partial charge in [-0.25, -0.2) is 0 Å². The first kappa shape index (κ1) is 9.52. The van der Waals surface area contributed by atoms with Crippen LogP contribution in [0.1, 0.15) is 12.5 Å². The fourth-order valence-electron chi connectivity index (χ4n) is 1.10. The van der Waals surface area contributed by atoms with Gasteiger partial charge >= 0.3 is 0 Å². The zero-order valence-electron chi connectivity index (χ0n) is 7.66. The Balaban J connectivity index is 2.61. The Morgan fingerprint density at radius 1 is 1.38 bits per heavy atom. The number of allylic oxidation sites excluding steroid dienone is 2. The van der Waals surface area contributed by atoms with Crippen molar-refractivity contribution in [2.45, 2.75) is 13.3 Å². The van der Waals surface area contributed by atoms with E-state index in [2.05, 4.69) is 0 Å². The number of hydrogen-bond acceptors (Lipinski definition) is 2. The molecule has 1 aromatic carbocycles. The Morgan fingerprint density at radius 2 is 2.00 bits per heavy atom. The molecule has 0 aliphatic carbocycles. The van der Waals surface area contributed by atoms with Crippen molar-refractivity contribution in [3.05, 3.63) is 47.7 Å². The lowest BCUT2D eigenvalue weighted by molar-refractivity contribution is -0.114. The van der Waals surface area contributed by atoms with Crippen molar-refractivity contribution in [1.82, 2.24) is 0 Å². The maximum atomic E-state index is 11.3. The summed E-state index contributed by atoms with van der Waals surface area (Å²) in [6.07, 6.45) is 1.89. The quantitative estimate of drug-likeness (QED) is 0.710. The Bertz CT molecular complexity index is 310. The van der Waals surface area contributed by atoms with Gasteiger partial charge in [0.1, 0.15) is 0 Å². The van der Waals surface area contributed by atoms with Crippen molar-refractivity contribution in [2.75, 3.05) is 0 Å². The molecular weight excluding hydrogens is 162 g/mol. The summed E-state index contributed by atoms with van der Waals surface area (Å²) in [5.74, 6) is 0.0474. The van der Waals surface area contributed by atoms with Gasteiger partial charge in [0.05, 0.1) is 0 Å². The normalized spacial score (nSPS) is 11.3. The molecule has 0 unspecified atom stereocenters. The van der Waals surface area contributed by atoms with Crippen molar-refractivity contribution in [3.63, 3.8) is 0 Å². The van der Waals surface area contributed by atoms with E-state index in [0.717, 1.165) is 5.56 Å². The largest absolute Gasteiger partial charge is 0.402 e. The van der Waals surface area contributed by atoms with E-state index < -0.39 is 0 Å². The molecule has 2 N–H and O–H groups in total. The third kappa shape index (κ3) is 3.56. The van der Waals surface area contributed by atoms with E-state index in [0.29, 0.717) is 12.1 Å². The van der Waals surface area contributed by atoms with E-state index in [4.69, 9.17) is 5.73 Å². The van der Waals surface area contributed by atoms with Gasteiger partial charge in [0.15, 0.2) is 5.78 Å². The van der Waals surface area contributed by atoms with Gasteiger partial charge in [0.2, 0.25) is 0 Å². The molecule has 1 rings (SSSR count). The van der Waals surface area contributed by atoms with Crippen LogP contribution in [0, 0.1) is 0 Å². The molecule has 2 heteroatoms. The first-order valence-corrected chi connectivity index (χ1v) is 4.19. The van der Waals surface area contributed by atoms with Crippen molar-refractivity contribution >= 4 is 5.78 Å². The topological polar surface area (TPSA) is 43.1 Å². The molecule has 0 aromatic heterocycles. The predicted octanol–water partition coefficient (Wildman–Crippen LogP) is 1.66. The number of ketones is 1. The van der Waals surface area contributed by atoms with E-state index in [1.807, 2.05) is 30.3 Å². The lowest BCUT2D eigenvalue weighted by Gasteiger charge is -1.96. The second-order valence-electron chi connectivity index (χ2n) is 3.02. The van der Waals surface area contributed by atoms with Gasteiger partial charge in [0, 0.05) is 12.1 Å². The van der Waals surface area contributed by atoms with E-state index in [9.17, 15) is 4.79 Å². The SMILES string of the molecule is C/C(N)=C/C(=O)Cc1ccccc1. The van der Waals surface area contributed by atoms with Crippen LogP contribution in [0.15, 0.2) is 42.1 Å². The fraction of sp³-hybridized carbons (Fsp3) is 0.182. The molecule has 0 radical (unpaired) electrons. The smallest absolute Gasteiger partial charge is 0.161 e. The van der Waals surface area contributed by atoms with E-state index in [-0.39, 0.29) is 5.78 Å². The van der Waals surface area contributed by atoms with Gasteiger partial charge in [-0.1, -0.05) is 30.3 Å². The molecule has 0 atom stereocenters. The van der Waals surface area contributed by atoms with Crippen LogP contribution in [0.4, 0.5) is 0 Å². The third-order valence-electron chi connectivity index (χ3n) is 1.61. The molecule has 0 saturated heterocycles. The molecule has 0 amide bonds. The minimum absolute atomic E-state index is 0.0474. The standard InChI is InChI=1S/C11H13NO/c1-9(12)7-11(13)8-10-5-3-2-4-6-10/h2-7H,8,12H2,1H3/b9-7-. The van der Waals surface area contributed by atoms with E-state index >= 15 is 0 Å². The van der Waals surface area contributed by atoms with Crippen molar-refractivity contribution in [1.29, 1.82) is 0 Å². The number of nitrogens with two attached hydrogens (primary N) is 1. The zero-order valence-corrected chi connectivity index (χ0v) is 7.66. The van der Waals surface area contributed by atoms with Crippen molar-refractivity contribution in [2.24, 2.45) is 5.73 Å². The lowest BCUT2D eigenvalue weighted by Crippen LogP contribution is -2.02. The number of carbonyl (C=O) groups excluding carboxylic acids is 1. The molecule has 13 heavy (non-hydrogen) atoms. The van der Waals surface area contributed by atoms with E-state index in [1.54, 1.807) is 6.92 Å². The summed E-state index contributed by atoms with van der Waals surface area (Å²) in [7, 11) is 0. The van der Waals surface area contributed by atoms with Gasteiger partial charge in [-0.05, 0) is 18.6 Å². The summed E-state index contributed by atoms with van der Waals surface area (Å²) in [6, 6.07) is 9.62. The molecule has 0 heterocycles. The van der Waals surface area contributed by atoms with Crippen molar-refractivity contribution in [3.8, 4) is 0 Å². The van der Waals surface area contributed by atoms with Gasteiger partial charge in [-0.2, -0.15) is 0 Å². The molecule has 2 nitrogen and oxygen atoms in total. The van der Waals surface area contributed by atoms with Gasteiger partial charge < -0.3 is 5.73 Å². The number of hydrogen-bond donors (Lipinski definition) is 1. The number of rotatable bonds is 3. The van der Waals surface area contributed by atoms with Crippen LogP contribution in [0.2, 0.25) is 0 Å². The highest BCUT2D eigenvalue weighted by Crippen LogP contribution is 2.00. The summed E-state index contributed by atoms with van der Waals surface area (Å²) < 4.78 is 0. The maximum absolute atomic E-state index is 11.3. The molecule has 1 aromatic rings. The summed E-state index contributed by atoms with van der Waals surface area (Å²) in [5.41, 5.74) is 6.96. The average Bonchev–Trinajstić information content (AvgIpc) is 2.04. The molecule has 68 valence electrons. The third-order valence-corrected chi connectivity index (χ3v) is 1.61. The molecule has 0 bridgehead atoms. The Labute approximate surface area is 78.1 Å². The van der Waals surface area contributed by atoms with Crippen LogP contribution in [-0.4, -0.2) is 5.78 Å². The fourth-order valence-corrected chi connectivity index (χ4v) is 1.10. The highest BCUT2D eigenvalue weighted by Gasteiger charge is 1.98. The van der Waals surface area contributed by atoms with Crippen LogP contribution >= 0.6 is 0 Å². The van der Waals surface area contributed by atoms with Gasteiger partial charge in [-0.3, -0.25) is 4.79 Å². The maximum Gasteiger partial charge on any atom is 0.161 e. The monoisotopic (exact) mass is 175 g/mol. The van der Waals surface area contributed by atoms with Crippen LogP contribution in [0.3, 0.4) is 0 Å². The van der Waals surface area contributed by atoms with Gasteiger partial charge in [0.25, 0.3) is 0 Å². The first-order valence-electron chi connectivity index (χ1n) is 4.19. The molecule has 0 spiro atoms. The first-order chi connectivity index (χ1) is 6.18. The molecule has 0 aliphatic heterocycles. The number of benzene rings is 1. The second kappa shape index (κ2) is 4.45. The minimum atomic E-state index is 0.0474.